The standard InChI is InChI=1S/C26H28N8O2/c1-3-11-33-24(35)19-14-29-25(30-18-12-17-8-10-27-15-20(17)28-13-18)32-23(19)34(33)21-6-5-16-7-9-26(36,4-2)22(16)31-21/h3,5-6,12-14,27,36H,1,4,7-11,15H2,2H3,(H,29,30,32)/t26-/m1/s1. The van der Waals surface area contributed by atoms with Crippen LogP contribution in [0.5, 0.6) is 0 Å². The van der Waals surface area contributed by atoms with Gasteiger partial charge >= 0.3 is 0 Å². The Morgan fingerprint density at radius 1 is 1.22 bits per heavy atom. The molecule has 3 N–H and O–H groups in total. The van der Waals surface area contributed by atoms with Crippen molar-refractivity contribution in [2.45, 2.75) is 51.3 Å². The van der Waals surface area contributed by atoms with Crippen LogP contribution in [0.2, 0.25) is 0 Å². The van der Waals surface area contributed by atoms with E-state index in [2.05, 4.69) is 33.2 Å². The largest absolute Gasteiger partial charge is 0.384 e. The van der Waals surface area contributed by atoms with Crippen LogP contribution < -0.4 is 16.2 Å². The Bertz CT molecular complexity index is 1560. The van der Waals surface area contributed by atoms with Gasteiger partial charge in [0.05, 0.1) is 29.8 Å². The first-order chi connectivity index (χ1) is 17.5. The molecule has 184 valence electrons. The number of nitrogens with one attached hydrogen (secondary N) is 2. The lowest BCUT2D eigenvalue weighted by Gasteiger charge is -2.21. The molecule has 0 saturated carbocycles. The zero-order valence-electron chi connectivity index (χ0n) is 20.2. The van der Waals surface area contributed by atoms with E-state index in [1.54, 1.807) is 17.0 Å². The Hall–Kier alpha value is -3.89. The van der Waals surface area contributed by atoms with E-state index in [-0.39, 0.29) is 12.1 Å². The van der Waals surface area contributed by atoms with Gasteiger partial charge in [-0.15, -0.1) is 6.58 Å². The normalized spacial score (nSPS) is 18.7. The third kappa shape index (κ3) is 3.61. The van der Waals surface area contributed by atoms with Gasteiger partial charge in [-0.05, 0) is 55.5 Å². The molecule has 0 bridgehead atoms. The van der Waals surface area contributed by atoms with Crippen LogP contribution in [-0.2, 0) is 31.5 Å². The van der Waals surface area contributed by atoms with Crippen LogP contribution in [0.15, 0.2) is 48.0 Å². The minimum absolute atomic E-state index is 0.229. The molecule has 0 aromatic carbocycles. The van der Waals surface area contributed by atoms with E-state index in [0.717, 1.165) is 42.9 Å². The molecule has 6 rings (SSSR count). The van der Waals surface area contributed by atoms with E-state index in [9.17, 15) is 9.90 Å². The van der Waals surface area contributed by atoms with Crippen molar-refractivity contribution in [2.24, 2.45) is 0 Å². The molecule has 1 aliphatic heterocycles. The molecule has 0 amide bonds. The van der Waals surface area contributed by atoms with Crippen LogP contribution in [-0.4, -0.2) is 41.0 Å². The molecular formula is C26H28N8O2. The second-order valence-corrected chi connectivity index (χ2v) is 9.36. The Morgan fingerprint density at radius 2 is 2.11 bits per heavy atom. The molecule has 0 radical (unpaired) electrons. The summed E-state index contributed by atoms with van der Waals surface area (Å²) in [5.74, 6) is 0.873. The van der Waals surface area contributed by atoms with Crippen molar-refractivity contribution in [3.63, 3.8) is 0 Å². The molecule has 0 unspecified atom stereocenters. The van der Waals surface area contributed by atoms with Gasteiger partial charge < -0.3 is 15.7 Å². The summed E-state index contributed by atoms with van der Waals surface area (Å²) < 4.78 is 3.23. The number of rotatable bonds is 6. The lowest BCUT2D eigenvalue weighted by molar-refractivity contribution is 0.0306. The van der Waals surface area contributed by atoms with E-state index >= 15 is 0 Å². The quantitative estimate of drug-likeness (QED) is 0.357. The zero-order chi connectivity index (χ0) is 24.9. The minimum Gasteiger partial charge on any atom is -0.384 e. The Labute approximate surface area is 207 Å². The summed E-state index contributed by atoms with van der Waals surface area (Å²) in [4.78, 5) is 31.8. The van der Waals surface area contributed by atoms with Crippen molar-refractivity contribution >= 4 is 22.7 Å². The van der Waals surface area contributed by atoms with Crippen molar-refractivity contribution in [2.75, 3.05) is 11.9 Å². The van der Waals surface area contributed by atoms with Gasteiger partial charge in [-0.1, -0.05) is 19.1 Å². The van der Waals surface area contributed by atoms with Crippen LogP contribution in [0.4, 0.5) is 11.6 Å². The van der Waals surface area contributed by atoms with Crippen LogP contribution in [0, 0.1) is 0 Å². The van der Waals surface area contributed by atoms with Gasteiger partial charge in [0.1, 0.15) is 11.0 Å². The van der Waals surface area contributed by atoms with Gasteiger partial charge in [0.2, 0.25) is 5.95 Å². The second-order valence-electron chi connectivity index (χ2n) is 9.36. The number of hydrogen-bond acceptors (Lipinski definition) is 8. The second kappa shape index (κ2) is 8.65. The topological polar surface area (TPSA) is 123 Å². The molecule has 10 nitrogen and oxygen atoms in total. The van der Waals surface area contributed by atoms with Gasteiger partial charge in [-0.2, -0.15) is 4.98 Å². The molecule has 2 aliphatic rings. The van der Waals surface area contributed by atoms with E-state index in [1.165, 1.54) is 16.4 Å². The maximum atomic E-state index is 13.3. The summed E-state index contributed by atoms with van der Waals surface area (Å²) in [6, 6.07) is 5.92. The van der Waals surface area contributed by atoms with E-state index < -0.39 is 5.60 Å². The molecule has 36 heavy (non-hydrogen) atoms. The summed E-state index contributed by atoms with van der Waals surface area (Å²) in [6.07, 6.45) is 7.87. The minimum atomic E-state index is -0.964. The molecule has 10 heteroatoms. The molecule has 1 aliphatic carbocycles. The first kappa shape index (κ1) is 22.6. The lowest BCUT2D eigenvalue weighted by Crippen LogP contribution is -2.25. The molecule has 5 heterocycles. The monoisotopic (exact) mass is 484 g/mol. The molecule has 0 saturated heterocycles. The van der Waals surface area contributed by atoms with E-state index in [4.69, 9.17) is 9.97 Å². The molecule has 4 aromatic rings. The van der Waals surface area contributed by atoms with Crippen molar-refractivity contribution in [1.82, 2.24) is 34.6 Å². The summed E-state index contributed by atoms with van der Waals surface area (Å²) in [5.41, 5.74) is 3.97. The van der Waals surface area contributed by atoms with Gasteiger partial charge in [0.15, 0.2) is 11.5 Å². The number of fused-ring (bicyclic) bond motifs is 3. The number of anilines is 2. The summed E-state index contributed by atoms with van der Waals surface area (Å²) >= 11 is 0. The van der Waals surface area contributed by atoms with Gasteiger partial charge in [0, 0.05) is 12.7 Å². The van der Waals surface area contributed by atoms with Crippen LogP contribution >= 0.6 is 0 Å². The number of aromatic nitrogens is 6. The van der Waals surface area contributed by atoms with Crippen molar-refractivity contribution in [3.05, 3.63) is 76.1 Å². The SMILES string of the molecule is C=CCn1c(=O)c2cnc(Nc3cnc4c(c3)CCNC4)nc2n1-c1ccc2c(n1)[C@@](O)(CC)CC2. The highest BCUT2D eigenvalue weighted by molar-refractivity contribution is 5.77. The molecule has 4 aromatic heterocycles. The number of hydrogen-bond donors (Lipinski definition) is 3. The van der Waals surface area contributed by atoms with Crippen LogP contribution in [0.3, 0.4) is 0 Å². The number of pyridine rings is 2. The number of allylic oxidation sites excluding steroid dienone is 1. The first-order valence-electron chi connectivity index (χ1n) is 12.3. The maximum Gasteiger partial charge on any atom is 0.278 e. The lowest BCUT2D eigenvalue weighted by atomic mass is 9.98. The smallest absolute Gasteiger partial charge is 0.278 e. The molecule has 0 fully saturated rings. The number of aryl methyl sites for hydroxylation is 1. The average Bonchev–Trinajstić information content (AvgIpc) is 3.38. The number of aliphatic hydroxyl groups is 1. The first-order valence-corrected chi connectivity index (χ1v) is 12.3. The van der Waals surface area contributed by atoms with Gasteiger partial charge in [-0.25, -0.2) is 19.3 Å². The Morgan fingerprint density at radius 3 is 2.94 bits per heavy atom. The predicted molar refractivity (Wildman–Crippen MR) is 137 cm³/mol. The highest BCUT2D eigenvalue weighted by atomic mass is 16.3. The maximum absolute atomic E-state index is 13.3. The molecule has 1 atom stereocenters. The highest BCUT2D eigenvalue weighted by Crippen LogP contribution is 2.38. The highest BCUT2D eigenvalue weighted by Gasteiger charge is 2.37. The third-order valence-corrected chi connectivity index (χ3v) is 7.17. The zero-order valence-corrected chi connectivity index (χ0v) is 20.2. The average molecular weight is 485 g/mol. The Balaban J connectivity index is 1.46. The van der Waals surface area contributed by atoms with Crippen LogP contribution in [0.25, 0.3) is 16.9 Å². The fourth-order valence-electron chi connectivity index (χ4n) is 5.15. The van der Waals surface area contributed by atoms with Crippen molar-refractivity contribution in [1.29, 1.82) is 0 Å². The number of nitrogens with zero attached hydrogens (tertiary/aromatic N) is 6. The summed E-state index contributed by atoms with van der Waals surface area (Å²) in [6.45, 7) is 7.73. The third-order valence-electron chi connectivity index (χ3n) is 7.17. The fraction of sp³-hybridized carbons (Fsp3) is 0.346. The Kier molecular flexibility index (Phi) is 5.42. The van der Waals surface area contributed by atoms with Crippen LogP contribution in [0.1, 0.15) is 42.3 Å². The van der Waals surface area contributed by atoms with Gasteiger partial charge in [0.25, 0.3) is 5.56 Å². The summed E-state index contributed by atoms with van der Waals surface area (Å²) in [7, 11) is 0. The van der Waals surface area contributed by atoms with E-state index in [0.29, 0.717) is 41.3 Å². The van der Waals surface area contributed by atoms with Gasteiger partial charge in [-0.3, -0.25) is 9.78 Å². The van der Waals surface area contributed by atoms with E-state index in [1.807, 2.05) is 19.1 Å². The van der Waals surface area contributed by atoms with Crippen molar-refractivity contribution in [3.8, 4) is 5.82 Å². The molecule has 0 spiro atoms. The van der Waals surface area contributed by atoms with Crippen molar-refractivity contribution < 1.29 is 5.11 Å². The summed E-state index contributed by atoms with van der Waals surface area (Å²) in [5, 5.41) is 18.0. The molecular weight excluding hydrogens is 456 g/mol. The fourth-order valence-corrected chi connectivity index (χ4v) is 5.15. The predicted octanol–water partition coefficient (Wildman–Crippen LogP) is 2.49.